The van der Waals surface area contributed by atoms with Crippen molar-refractivity contribution < 1.29 is 9.72 Å². The summed E-state index contributed by atoms with van der Waals surface area (Å²) in [5.41, 5.74) is 2.44. The van der Waals surface area contributed by atoms with Gasteiger partial charge in [-0.1, -0.05) is 30.3 Å². The second kappa shape index (κ2) is 8.09. The Kier molecular flexibility index (Phi) is 5.41. The number of amides is 1. The lowest BCUT2D eigenvalue weighted by atomic mass is 10.2. The number of rotatable bonds is 6. The van der Waals surface area contributed by atoms with E-state index >= 15 is 0 Å². The summed E-state index contributed by atoms with van der Waals surface area (Å²) in [7, 11) is 1.69. The quantitative estimate of drug-likeness (QED) is 0.382. The highest BCUT2D eigenvalue weighted by Gasteiger charge is 2.09. The molecular formula is C20H18N4O3. The first-order valence-corrected chi connectivity index (χ1v) is 8.29. The summed E-state index contributed by atoms with van der Waals surface area (Å²) in [6.45, 7) is 0.408. The molecule has 0 unspecified atom stereocenters. The molecular weight excluding hydrogens is 344 g/mol. The van der Waals surface area contributed by atoms with E-state index < -0.39 is 4.92 Å². The van der Waals surface area contributed by atoms with Gasteiger partial charge in [0.25, 0.3) is 5.69 Å². The number of likely N-dealkylation sites (N-methyl/N-ethyl adjacent to an activating group) is 1. The first kappa shape index (κ1) is 18.1. The Morgan fingerprint density at radius 3 is 2.74 bits per heavy atom. The lowest BCUT2D eigenvalue weighted by molar-refractivity contribution is -0.384. The van der Waals surface area contributed by atoms with Gasteiger partial charge in [-0.2, -0.15) is 5.10 Å². The van der Waals surface area contributed by atoms with Crippen LogP contribution in [0, 0.1) is 10.1 Å². The fraction of sp³-hybridized carbons (Fsp3) is 0.100. The van der Waals surface area contributed by atoms with Gasteiger partial charge in [0.2, 0.25) is 5.91 Å². The molecule has 1 heterocycles. The van der Waals surface area contributed by atoms with Gasteiger partial charge in [0.05, 0.1) is 16.8 Å². The van der Waals surface area contributed by atoms with Crippen LogP contribution in [0.2, 0.25) is 0 Å². The van der Waals surface area contributed by atoms with Crippen molar-refractivity contribution in [1.29, 1.82) is 0 Å². The molecule has 0 bridgehead atoms. The van der Waals surface area contributed by atoms with Crippen LogP contribution in [-0.2, 0) is 11.3 Å². The van der Waals surface area contributed by atoms with E-state index in [0.29, 0.717) is 12.1 Å². The van der Waals surface area contributed by atoms with Gasteiger partial charge in [0.1, 0.15) is 0 Å². The number of carbonyl (C=O) groups excluding carboxylic acids is 1. The second-order valence-electron chi connectivity index (χ2n) is 6.01. The van der Waals surface area contributed by atoms with E-state index in [0.717, 1.165) is 11.3 Å². The van der Waals surface area contributed by atoms with E-state index in [9.17, 15) is 14.9 Å². The van der Waals surface area contributed by atoms with Crippen molar-refractivity contribution in [2.75, 3.05) is 7.05 Å². The molecule has 0 saturated heterocycles. The number of hydrogen-bond donors (Lipinski definition) is 0. The van der Waals surface area contributed by atoms with Crippen molar-refractivity contribution in [1.82, 2.24) is 14.7 Å². The Morgan fingerprint density at radius 2 is 2.00 bits per heavy atom. The highest BCUT2D eigenvalue weighted by molar-refractivity contribution is 5.91. The average molecular weight is 362 g/mol. The minimum Gasteiger partial charge on any atom is -0.338 e. The molecule has 0 spiro atoms. The molecule has 0 aliphatic heterocycles. The van der Waals surface area contributed by atoms with E-state index in [4.69, 9.17) is 0 Å². The van der Waals surface area contributed by atoms with Gasteiger partial charge in [-0.05, 0) is 23.8 Å². The summed E-state index contributed by atoms with van der Waals surface area (Å²) in [6, 6.07) is 15.8. The van der Waals surface area contributed by atoms with Crippen LogP contribution >= 0.6 is 0 Å². The zero-order valence-corrected chi connectivity index (χ0v) is 14.7. The van der Waals surface area contributed by atoms with E-state index in [1.54, 1.807) is 41.0 Å². The summed E-state index contributed by atoms with van der Waals surface area (Å²) in [5, 5.41) is 15.1. The summed E-state index contributed by atoms with van der Waals surface area (Å²) in [4.78, 5) is 24.2. The Balaban J connectivity index is 1.63. The van der Waals surface area contributed by atoms with Gasteiger partial charge in [-0.15, -0.1) is 0 Å². The maximum absolute atomic E-state index is 12.3. The van der Waals surface area contributed by atoms with Crippen molar-refractivity contribution in [2.24, 2.45) is 0 Å². The third-order valence-electron chi connectivity index (χ3n) is 3.95. The van der Waals surface area contributed by atoms with Crippen LogP contribution in [0.25, 0.3) is 11.8 Å². The summed E-state index contributed by atoms with van der Waals surface area (Å²) in [6.07, 6.45) is 6.57. The summed E-state index contributed by atoms with van der Waals surface area (Å²) >= 11 is 0. The van der Waals surface area contributed by atoms with Crippen molar-refractivity contribution in [3.05, 3.63) is 94.3 Å². The van der Waals surface area contributed by atoms with Gasteiger partial charge >= 0.3 is 0 Å². The predicted molar refractivity (Wildman–Crippen MR) is 102 cm³/mol. The predicted octanol–water partition coefficient (Wildman–Crippen LogP) is 3.45. The molecule has 0 atom stereocenters. The van der Waals surface area contributed by atoms with Crippen molar-refractivity contribution in [3.63, 3.8) is 0 Å². The fourth-order valence-electron chi connectivity index (χ4n) is 2.55. The first-order valence-electron chi connectivity index (χ1n) is 8.29. The largest absolute Gasteiger partial charge is 0.338 e. The highest BCUT2D eigenvalue weighted by Crippen LogP contribution is 2.14. The smallest absolute Gasteiger partial charge is 0.270 e. The minimum absolute atomic E-state index is 0.00807. The Morgan fingerprint density at radius 1 is 1.22 bits per heavy atom. The lowest BCUT2D eigenvalue weighted by Gasteiger charge is -2.13. The summed E-state index contributed by atoms with van der Waals surface area (Å²) < 4.78 is 1.76. The number of nitro groups is 1. The molecule has 3 aromatic rings. The number of nitro benzene ring substituents is 1. The average Bonchev–Trinajstić information content (AvgIpc) is 3.15. The molecule has 0 fully saturated rings. The van der Waals surface area contributed by atoms with Crippen LogP contribution in [0.5, 0.6) is 0 Å². The maximum Gasteiger partial charge on any atom is 0.270 e. The van der Waals surface area contributed by atoms with Crippen molar-refractivity contribution >= 4 is 17.7 Å². The van der Waals surface area contributed by atoms with Crippen LogP contribution in [0.1, 0.15) is 11.1 Å². The number of para-hydroxylation sites is 1. The molecule has 0 N–H and O–H groups in total. The van der Waals surface area contributed by atoms with Crippen LogP contribution in [0.15, 0.2) is 73.1 Å². The number of nitrogens with zero attached hydrogens (tertiary/aromatic N) is 4. The van der Waals surface area contributed by atoms with Gasteiger partial charge < -0.3 is 4.90 Å². The lowest BCUT2D eigenvalue weighted by Crippen LogP contribution is -2.23. The van der Waals surface area contributed by atoms with E-state index in [1.165, 1.54) is 18.2 Å². The van der Waals surface area contributed by atoms with E-state index in [-0.39, 0.29) is 11.6 Å². The number of carbonyl (C=O) groups is 1. The van der Waals surface area contributed by atoms with Crippen LogP contribution in [0.3, 0.4) is 0 Å². The Bertz CT molecular complexity index is 980. The first-order chi connectivity index (χ1) is 13.0. The zero-order chi connectivity index (χ0) is 19.2. The normalized spacial score (nSPS) is 10.9. The monoisotopic (exact) mass is 362 g/mol. The minimum atomic E-state index is -0.463. The fourth-order valence-corrected chi connectivity index (χ4v) is 2.55. The van der Waals surface area contributed by atoms with E-state index in [1.807, 2.05) is 36.5 Å². The molecule has 136 valence electrons. The molecule has 0 radical (unpaired) electrons. The number of non-ortho nitro benzene ring substituents is 1. The number of aromatic nitrogens is 2. The topological polar surface area (TPSA) is 81.3 Å². The molecule has 27 heavy (non-hydrogen) atoms. The van der Waals surface area contributed by atoms with Crippen LogP contribution in [0.4, 0.5) is 5.69 Å². The molecule has 0 aliphatic rings. The standard InChI is InChI=1S/C20H18N4O3/c1-22(14-17-13-21-23(15-17)18-7-3-2-4-8-18)20(25)11-10-16-6-5-9-19(12-16)24(26)27/h2-13,15H,14H2,1H3/b11-10+. The van der Waals surface area contributed by atoms with Gasteiger partial charge in [0, 0.05) is 43.6 Å². The van der Waals surface area contributed by atoms with Gasteiger partial charge in [0.15, 0.2) is 0 Å². The molecule has 0 aliphatic carbocycles. The van der Waals surface area contributed by atoms with Crippen molar-refractivity contribution in [3.8, 4) is 5.69 Å². The zero-order valence-electron chi connectivity index (χ0n) is 14.7. The molecule has 2 aromatic carbocycles. The number of hydrogen-bond acceptors (Lipinski definition) is 4. The second-order valence-corrected chi connectivity index (χ2v) is 6.01. The molecule has 7 nitrogen and oxygen atoms in total. The third kappa shape index (κ3) is 4.66. The molecule has 1 amide bonds. The van der Waals surface area contributed by atoms with Gasteiger partial charge in [-0.3, -0.25) is 14.9 Å². The molecule has 7 heteroatoms. The number of benzene rings is 2. The molecule has 0 saturated carbocycles. The third-order valence-corrected chi connectivity index (χ3v) is 3.95. The Hall–Kier alpha value is -3.74. The SMILES string of the molecule is CN(Cc1cnn(-c2ccccc2)c1)C(=O)/C=C/c1cccc([N+](=O)[O-])c1. The molecule has 1 aromatic heterocycles. The molecule has 3 rings (SSSR count). The summed E-state index contributed by atoms with van der Waals surface area (Å²) in [5.74, 6) is -0.200. The van der Waals surface area contributed by atoms with Gasteiger partial charge in [-0.25, -0.2) is 4.68 Å². The maximum atomic E-state index is 12.3. The Labute approximate surface area is 156 Å². The van der Waals surface area contributed by atoms with Crippen LogP contribution < -0.4 is 0 Å². The van der Waals surface area contributed by atoms with Crippen molar-refractivity contribution in [2.45, 2.75) is 6.54 Å². The highest BCUT2D eigenvalue weighted by atomic mass is 16.6. The van der Waals surface area contributed by atoms with Crippen LogP contribution in [-0.4, -0.2) is 32.6 Å². The van der Waals surface area contributed by atoms with E-state index in [2.05, 4.69) is 5.10 Å².